The Kier molecular flexibility index (Phi) is 11.6. The van der Waals surface area contributed by atoms with Gasteiger partial charge < -0.3 is 47.7 Å². The fourth-order valence-electron chi connectivity index (χ4n) is 3.56. The van der Waals surface area contributed by atoms with E-state index in [2.05, 4.69) is 25.9 Å². The number of phenols is 1. The van der Waals surface area contributed by atoms with Gasteiger partial charge in [0.1, 0.15) is 23.9 Å². The number of nitrogens with one attached hydrogen (secondary N) is 4. The number of primary amides is 1. The molecule has 16 nitrogen and oxygen atoms in total. The molecule has 40 heavy (non-hydrogen) atoms. The molecule has 4 unspecified atom stereocenters. The third-order valence-electron chi connectivity index (χ3n) is 5.65. The summed E-state index contributed by atoms with van der Waals surface area (Å²) in [5.41, 5.74) is 12.0. The number of phenolic OH excluding ortho intramolecular Hbond substituents is 1. The van der Waals surface area contributed by atoms with E-state index in [1.54, 1.807) is 0 Å². The smallest absolute Gasteiger partial charge is 0.326 e. The second-order valence-electron chi connectivity index (χ2n) is 8.88. The van der Waals surface area contributed by atoms with Gasteiger partial charge in [-0.25, -0.2) is 9.78 Å². The zero-order valence-corrected chi connectivity index (χ0v) is 21.2. The topological polar surface area (TPSA) is 280 Å². The third kappa shape index (κ3) is 10.4. The van der Waals surface area contributed by atoms with Gasteiger partial charge in [0.15, 0.2) is 0 Å². The monoisotopic (exact) mass is 561 g/mol. The number of benzene rings is 1. The minimum atomic E-state index is -1.64. The average Bonchev–Trinajstić information content (AvgIpc) is 3.39. The summed E-state index contributed by atoms with van der Waals surface area (Å²) < 4.78 is 0. The molecule has 4 atom stereocenters. The third-order valence-corrected chi connectivity index (χ3v) is 5.65. The molecule has 1 heterocycles. The Morgan fingerprint density at radius 2 is 1.48 bits per heavy atom. The summed E-state index contributed by atoms with van der Waals surface area (Å²) in [7, 11) is 0. The molecule has 0 aliphatic rings. The molecule has 0 spiro atoms. The van der Waals surface area contributed by atoms with E-state index < -0.39 is 66.2 Å². The van der Waals surface area contributed by atoms with Gasteiger partial charge in [-0.3, -0.25) is 24.0 Å². The lowest BCUT2D eigenvalue weighted by molar-refractivity contribution is -0.143. The van der Waals surface area contributed by atoms with E-state index in [-0.39, 0.29) is 31.4 Å². The molecule has 4 amide bonds. The molecule has 0 saturated carbocycles. The summed E-state index contributed by atoms with van der Waals surface area (Å²) in [5.74, 6) is -6.49. The zero-order chi connectivity index (χ0) is 29.8. The van der Waals surface area contributed by atoms with Crippen LogP contribution < -0.4 is 27.4 Å². The molecule has 1 aromatic heterocycles. The molecule has 216 valence electrons. The van der Waals surface area contributed by atoms with Crippen molar-refractivity contribution in [1.29, 1.82) is 0 Å². The molecule has 0 fully saturated rings. The first-order valence-corrected chi connectivity index (χ1v) is 12.0. The van der Waals surface area contributed by atoms with Crippen LogP contribution in [-0.2, 0) is 41.6 Å². The molecule has 0 saturated heterocycles. The molecule has 2 rings (SSSR count). The van der Waals surface area contributed by atoms with E-state index in [0.29, 0.717) is 11.3 Å². The Morgan fingerprint density at radius 1 is 0.875 bits per heavy atom. The van der Waals surface area contributed by atoms with Crippen molar-refractivity contribution in [2.24, 2.45) is 11.5 Å². The maximum Gasteiger partial charge on any atom is 0.326 e. The Balaban J connectivity index is 2.17. The van der Waals surface area contributed by atoms with Gasteiger partial charge in [-0.05, 0) is 30.5 Å². The van der Waals surface area contributed by atoms with Crippen LogP contribution in [0.5, 0.6) is 5.75 Å². The second-order valence-corrected chi connectivity index (χ2v) is 8.88. The van der Waals surface area contributed by atoms with Crippen molar-refractivity contribution in [1.82, 2.24) is 25.9 Å². The molecule has 1 aromatic carbocycles. The lowest BCUT2D eigenvalue weighted by Crippen LogP contribution is -2.58. The van der Waals surface area contributed by atoms with Crippen LogP contribution in [0.1, 0.15) is 30.5 Å². The van der Waals surface area contributed by atoms with Gasteiger partial charge in [0.2, 0.25) is 23.6 Å². The van der Waals surface area contributed by atoms with Gasteiger partial charge in [-0.15, -0.1) is 0 Å². The number of aromatic amines is 1. The molecule has 0 aliphatic heterocycles. The van der Waals surface area contributed by atoms with Crippen LogP contribution in [-0.4, -0.2) is 85.0 Å². The Labute approximate surface area is 227 Å². The van der Waals surface area contributed by atoms with Crippen LogP contribution in [0.15, 0.2) is 36.8 Å². The van der Waals surface area contributed by atoms with Crippen molar-refractivity contribution >= 4 is 35.6 Å². The largest absolute Gasteiger partial charge is 0.508 e. The molecule has 16 heteroatoms. The summed E-state index contributed by atoms with van der Waals surface area (Å²) in [5, 5.41) is 34.9. The number of amides is 4. The van der Waals surface area contributed by atoms with E-state index in [9.17, 15) is 44.1 Å². The number of nitrogens with two attached hydrogens (primary N) is 2. The minimum Gasteiger partial charge on any atom is -0.508 e. The number of carbonyl (C=O) groups excluding carboxylic acids is 4. The number of hydrogen-bond acceptors (Lipinski definition) is 9. The number of nitrogens with zero attached hydrogens (tertiary/aromatic N) is 1. The van der Waals surface area contributed by atoms with E-state index in [4.69, 9.17) is 11.5 Å². The maximum atomic E-state index is 13.1. The first kappa shape index (κ1) is 31.2. The van der Waals surface area contributed by atoms with E-state index >= 15 is 0 Å². The van der Waals surface area contributed by atoms with Crippen LogP contribution >= 0.6 is 0 Å². The van der Waals surface area contributed by atoms with Gasteiger partial charge in [0, 0.05) is 24.7 Å². The van der Waals surface area contributed by atoms with Gasteiger partial charge >= 0.3 is 11.9 Å². The fourth-order valence-corrected chi connectivity index (χ4v) is 3.56. The van der Waals surface area contributed by atoms with E-state index in [1.807, 2.05) is 0 Å². The lowest BCUT2D eigenvalue weighted by Gasteiger charge is -2.24. The highest BCUT2D eigenvalue weighted by atomic mass is 16.4. The fraction of sp³-hybridized carbons (Fsp3) is 0.375. The first-order valence-electron chi connectivity index (χ1n) is 12.0. The van der Waals surface area contributed by atoms with Crippen molar-refractivity contribution in [2.75, 3.05) is 0 Å². The lowest BCUT2D eigenvalue weighted by atomic mass is 10.0. The number of aromatic nitrogens is 2. The van der Waals surface area contributed by atoms with Crippen LogP contribution in [0.4, 0.5) is 0 Å². The van der Waals surface area contributed by atoms with Crippen LogP contribution in [0.3, 0.4) is 0 Å². The van der Waals surface area contributed by atoms with Crippen molar-refractivity contribution in [3.05, 3.63) is 48.0 Å². The summed E-state index contributed by atoms with van der Waals surface area (Å²) in [4.78, 5) is 79.3. The van der Waals surface area contributed by atoms with Crippen LogP contribution in [0.25, 0.3) is 0 Å². The molecular weight excluding hydrogens is 530 g/mol. The highest BCUT2D eigenvalue weighted by molar-refractivity contribution is 5.95. The predicted octanol–water partition coefficient (Wildman–Crippen LogP) is -2.49. The molecule has 11 N–H and O–H groups in total. The van der Waals surface area contributed by atoms with Crippen molar-refractivity contribution < 1.29 is 44.1 Å². The minimum absolute atomic E-state index is 0.0104. The van der Waals surface area contributed by atoms with Gasteiger partial charge in [0.05, 0.1) is 18.8 Å². The Bertz CT molecular complexity index is 1200. The normalized spacial score (nSPS) is 13.7. The van der Waals surface area contributed by atoms with Crippen LogP contribution in [0.2, 0.25) is 0 Å². The molecule has 0 bridgehead atoms. The zero-order valence-electron chi connectivity index (χ0n) is 21.2. The Morgan fingerprint density at radius 3 is 2.02 bits per heavy atom. The molecule has 0 radical (unpaired) electrons. The molecular formula is C24H31N7O9. The van der Waals surface area contributed by atoms with Crippen LogP contribution in [0, 0.1) is 0 Å². The average molecular weight is 562 g/mol. The summed E-state index contributed by atoms with van der Waals surface area (Å²) in [6.07, 6.45) is 0.991. The Hall–Kier alpha value is -4.99. The van der Waals surface area contributed by atoms with E-state index in [0.717, 1.165) is 0 Å². The second kappa shape index (κ2) is 14.8. The summed E-state index contributed by atoms with van der Waals surface area (Å²) in [6, 6.07) is 0.114. The van der Waals surface area contributed by atoms with Gasteiger partial charge in [-0.2, -0.15) is 0 Å². The number of carboxylic acids is 2. The summed E-state index contributed by atoms with van der Waals surface area (Å²) >= 11 is 0. The number of imidazole rings is 1. The van der Waals surface area contributed by atoms with Gasteiger partial charge in [0.25, 0.3) is 0 Å². The number of aliphatic carboxylic acids is 2. The quantitative estimate of drug-likeness (QED) is 0.103. The number of aromatic hydroxyl groups is 1. The summed E-state index contributed by atoms with van der Waals surface area (Å²) in [6.45, 7) is 0. The highest BCUT2D eigenvalue weighted by Gasteiger charge is 2.32. The van der Waals surface area contributed by atoms with Crippen molar-refractivity contribution in [2.45, 2.75) is 56.3 Å². The highest BCUT2D eigenvalue weighted by Crippen LogP contribution is 2.11. The maximum absolute atomic E-state index is 13.1. The van der Waals surface area contributed by atoms with Gasteiger partial charge in [-0.1, -0.05) is 12.1 Å². The standard InChI is InChI=1S/C24H31N7O9/c25-15(7-12-1-3-14(32)4-2-12)21(36)30-18(9-20(34)35)23(38)31-17(8-13-10-27-11-28-13)22(37)29-16(24(39)40)5-6-19(26)33/h1-4,10-11,15-18,32H,5-9,25H2,(H2,26,33)(H,27,28)(H,29,37)(H,30,36)(H,31,38)(H,34,35)(H,39,40). The van der Waals surface area contributed by atoms with Crippen molar-refractivity contribution in [3.8, 4) is 5.75 Å². The molecule has 2 aromatic rings. The van der Waals surface area contributed by atoms with Crippen molar-refractivity contribution in [3.63, 3.8) is 0 Å². The number of carbonyl (C=O) groups is 6. The number of hydrogen-bond donors (Lipinski definition) is 9. The molecule has 0 aliphatic carbocycles. The number of H-pyrrole nitrogens is 1. The number of carboxylic acid groups (broad SMARTS) is 2. The van der Waals surface area contributed by atoms with E-state index in [1.165, 1.54) is 36.8 Å². The number of rotatable bonds is 16. The SMILES string of the molecule is NC(=O)CCC(NC(=O)C(Cc1cnc[nH]1)NC(=O)C(CC(=O)O)NC(=O)C(N)Cc1ccc(O)cc1)C(=O)O. The first-order chi connectivity index (χ1) is 18.8. The predicted molar refractivity (Wildman–Crippen MR) is 136 cm³/mol.